The Balaban J connectivity index is 1.21. The second-order valence-electron chi connectivity index (χ2n) is 8.55. The molecule has 1 heterocycles. The Kier molecular flexibility index (Phi) is 7.31. The Morgan fingerprint density at radius 3 is 2.26 bits per heavy atom. The van der Waals surface area contributed by atoms with E-state index in [0.29, 0.717) is 22.6 Å². The first-order chi connectivity index (χ1) is 19.0. The monoisotopic (exact) mass is 519 g/mol. The van der Waals surface area contributed by atoms with Crippen LogP contribution in [0, 0.1) is 0 Å². The Bertz CT molecular complexity index is 1660. The van der Waals surface area contributed by atoms with Crippen LogP contribution in [0.4, 0.5) is 5.69 Å². The van der Waals surface area contributed by atoms with Crippen LogP contribution in [0.2, 0.25) is 0 Å². The van der Waals surface area contributed by atoms with Gasteiger partial charge in [0.15, 0.2) is 0 Å². The molecule has 0 spiro atoms. The average molecular weight is 520 g/mol. The van der Waals surface area contributed by atoms with Gasteiger partial charge in [-0.25, -0.2) is 10.4 Å². The van der Waals surface area contributed by atoms with E-state index in [1.165, 1.54) is 6.21 Å². The fourth-order valence-corrected chi connectivity index (χ4v) is 3.90. The minimum Gasteiger partial charge on any atom is -0.497 e. The molecule has 9 nitrogen and oxygen atoms in total. The number of hydrogen-bond donors (Lipinski definition) is 3. The van der Waals surface area contributed by atoms with E-state index in [-0.39, 0.29) is 5.91 Å². The number of nitrogens with zero attached hydrogens (tertiary/aromatic N) is 2. The van der Waals surface area contributed by atoms with E-state index in [2.05, 4.69) is 25.8 Å². The van der Waals surface area contributed by atoms with Gasteiger partial charge in [-0.05, 0) is 84.4 Å². The smallest absolute Gasteiger partial charge is 0.271 e. The predicted molar refractivity (Wildman–Crippen MR) is 151 cm³/mol. The summed E-state index contributed by atoms with van der Waals surface area (Å²) in [6, 6.07) is 26.7. The quantitative estimate of drug-likeness (QED) is 0.191. The SMILES string of the molecule is COc1ccc(-c2nc3ccc(NC(=O)c4ccc(C(=O)N/N=C/c5cccc(OC)c5)cc4)cc3[nH]2)cc1. The zero-order valence-electron chi connectivity index (χ0n) is 21.3. The fraction of sp³-hybridized carbons (Fsp3) is 0.0667. The number of H-pyrrole nitrogens is 1. The third-order valence-corrected chi connectivity index (χ3v) is 5.99. The molecule has 0 aliphatic carbocycles. The molecule has 4 aromatic carbocycles. The number of benzene rings is 4. The largest absolute Gasteiger partial charge is 0.497 e. The number of carbonyl (C=O) groups is 2. The van der Waals surface area contributed by atoms with Gasteiger partial charge >= 0.3 is 0 Å². The van der Waals surface area contributed by atoms with Gasteiger partial charge in [0.05, 0.1) is 31.5 Å². The second kappa shape index (κ2) is 11.3. The molecule has 0 fully saturated rings. The van der Waals surface area contributed by atoms with Crippen molar-refractivity contribution in [1.82, 2.24) is 15.4 Å². The Morgan fingerprint density at radius 1 is 0.821 bits per heavy atom. The van der Waals surface area contributed by atoms with Gasteiger partial charge in [0, 0.05) is 22.4 Å². The Morgan fingerprint density at radius 2 is 1.54 bits per heavy atom. The zero-order valence-corrected chi connectivity index (χ0v) is 21.3. The predicted octanol–water partition coefficient (Wildman–Crippen LogP) is 5.26. The van der Waals surface area contributed by atoms with Crippen molar-refractivity contribution in [3.8, 4) is 22.9 Å². The van der Waals surface area contributed by atoms with Crippen LogP contribution in [-0.4, -0.2) is 42.2 Å². The highest BCUT2D eigenvalue weighted by Crippen LogP contribution is 2.25. The van der Waals surface area contributed by atoms with Crippen LogP contribution in [0.5, 0.6) is 11.5 Å². The molecular formula is C30H25N5O4. The summed E-state index contributed by atoms with van der Waals surface area (Å²) in [4.78, 5) is 33.2. The number of hydrazone groups is 1. The second-order valence-corrected chi connectivity index (χ2v) is 8.55. The van der Waals surface area contributed by atoms with E-state index < -0.39 is 5.91 Å². The highest BCUT2D eigenvalue weighted by atomic mass is 16.5. The van der Waals surface area contributed by atoms with E-state index in [1.54, 1.807) is 50.6 Å². The minimum atomic E-state index is -0.390. The molecule has 5 aromatic rings. The number of ether oxygens (including phenoxy) is 2. The molecular weight excluding hydrogens is 494 g/mol. The maximum absolute atomic E-state index is 12.8. The fourth-order valence-electron chi connectivity index (χ4n) is 3.90. The average Bonchev–Trinajstić information content (AvgIpc) is 3.41. The number of rotatable bonds is 8. The number of imidazole rings is 1. The van der Waals surface area contributed by atoms with Crippen molar-refractivity contribution in [2.45, 2.75) is 0 Å². The van der Waals surface area contributed by atoms with Crippen LogP contribution >= 0.6 is 0 Å². The van der Waals surface area contributed by atoms with E-state index in [0.717, 1.165) is 33.7 Å². The topological polar surface area (TPSA) is 118 Å². The molecule has 0 unspecified atom stereocenters. The molecule has 0 radical (unpaired) electrons. The summed E-state index contributed by atoms with van der Waals surface area (Å²) in [5, 5.41) is 6.87. The third-order valence-electron chi connectivity index (χ3n) is 5.99. The first-order valence-electron chi connectivity index (χ1n) is 12.1. The maximum Gasteiger partial charge on any atom is 0.271 e. The van der Waals surface area contributed by atoms with Gasteiger partial charge in [0.2, 0.25) is 0 Å². The molecule has 3 N–H and O–H groups in total. The van der Waals surface area contributed by atoms with Gasteiger partial charge in [-0.3, -0.25) is 9.59 Å². The van der Waals surface area contributed by atoms with Crippen LogP contribution in [0.1, 0.15) is 26.3 Å². The van der Waals surface area contributed by atoms with Crippen molar-refractivity contribution in [2.75, 3.05) is 19.5 Å². The van der Waals surface area contributed by atoms with Crippen LogP contribution in [0.3, 0.4) is 0 Å². The Hall–Kier alpha value is -5.44. The molecule has 0 saturated carbocycles. The number of hydrogen-bond acceptors (Lipinski definition) is 6. The lowest BCUT2D eigenvalue weighted by molar-refractivity contribution is 0.0953. The highest BCUT2D eigenvalue weighted by molar-refractivity contribution is 6.05. The number of nitrogens with one attached hydrogen (secondary N) is 3. The number of amides is 2. The molecule has 2 amide bonds. The summed E-state index contributed by atoms with van der Waals surface area (Å²) in [7, 11) is 3.21. The van der Waals surface area contributed by atoms with Crippen molar-refractivity contribution < 1.29 is 19.1 Å². The van der Waals surface area contributed by atoms with Gasteiger partial charge in [-0.15, -0.1) is 0 Å². The number of fused-ring (bicyclic) bond motifs is 1. The zero-order chi connectivity index (χ0) is 27.2. The van der Waals surface area contributed by atoms with Crippen molar-refractivity contribution >= 4 is 34.7 Å². The van der Waals surface area contributed by atoms with Crippen LogP contribution in [0.15, 0.2) is 96.1 Å². The first kappa shape index (κ1) is 25.2. The molecule has 0 bridgehead atoms. The van der Waals surface area contributed by atoms with Crippen LogP contribution in [0.25, 0.3) is 22.4 Å². The summed E-state index contributed by atoms with van der Waals surface area (Å²) in [6.45, 7) is 0. The summed E-state index contributed by atoms with van der Waals surface area (Å²) in [5.41, 5.74) is 7.17. The van der Waals surface area contributed by atoms with Crippen LogP contribution < -0.4 is 20.2 Å². The lowest BCUT2D eigenvalue weighted by Gasteiger charge is -2.06. The van der Waals surface area contributed by atoms with Gasteiger partial charge in [-0.1, -0.05) is 12.1 Å². The summed E-state index contributed by atoms with van der Waals surface area (Å²) in [5.74, 6) is 1.50. The molecule has 0 atom stereocenters. The first-order valence-corrected chi connectivity index (χ1v) is 12.1. The summed E-state index contributed by atoms with van der Waals surface area (Å²) < 4.78 is 10.4. The van der Waals surface area contributed by atoms with Crippen LogP contribution in [-0.2, 0) is 0 Å². The highest BCUT2D eigenvalue weighted by Gasteiger charge is 2.11. The number of carbonyl (C=O) groups excluding carboxylic acids is 2. The lowest BCUT2D eigenvalue weighted by Crippen LogP contribution is -2.18. The van der Waals surface area contributed by atoms with Gasteiger partial charge in [0.1, 0.15) is 17.3 Å². The number of aromatic amines is 1. The van der Waals surface area contributed by atoms with E-state index >= 15 is 0 Å². The van der Waals surface area contributed by atoms with Crippen molar-refractivity contribution in [3.05, 3.63) is 108 Å². The van der Waals surface area contributed by atoms with Gasteiger partial charge in [0.25, 0.3) is 11.8 Å². The molecule has 5 rings (SSSR count). The lowest BCUT2D eigenvalue weighted by atomic mass is 10.1. The van der Waals surface area contributed by atoms with E-state index in [1.807, 2.05) is 54.6 Å². The minimum absolute atomic E-state index is 0.299. The molecule has 194 valence electrons. The van der Waals surface area contributed by atoms with Crippen molar-refractivity contribution in [2.24, 2.45) is 5.10 Å². The number of anilines is 1. The normalized spacial score (nSPS) is 10.9. The maximum atomic E-state index is 12.8. The van der Waals surface area contributed by atoms with E-state index in [9.17, 15) is 9.59 Å². The summed E-state index contributed by atoms with van der Waals surface area (Å²) in [6.07, 6.45) is 1.53. The molecule has 9 heteroatoms. The molecule has 39 heavy (non-hydrogen) atoms. The molecule has 0 saturated heterocycles. The number of aromatic nitrogens is 2. The molecule has 0 aliphatic rings. The standard InChI is InChI=1S/C30H25N5O4/c1-38-24-13-10-20(11-14-24)28-33-26-15-12-23(17-27(26)34-28)32-29(36)21-6-8-22(9-7-21)30(37)35-31-18-19-4-3-5-25(16-19)39-2/h3-18H,1-2H3,(H,32,36)(H,33,34)(H,35,37)/b31-18+. The van der Waals surface area contributed by atoms with Crippen molar-refractivity contribution in [1.29, 1.82) is 0 Å². The number of methoxy groups -OCH3 is 2. The molecule has 1 aromatic heterocycles. The third kappa shape index (κ3) is 5.94. The van der Waals surface area contributed by atoms with Crippen molar-refractivity contribution in [3.63, 3.8) is 0 Å². The summed E-state index contributed by atoms with van der Waals surface area (Å²) >= 11 is 0. The Labute approximate surface area is 224 Å². The molecule has 0 aliphatic heterocycles. The van der Waals surface area contributed by atoms with Gasteiger partial charge in [-0.2, -0.15) is 5.10 Å². The van der Waals surface area contributed by atoms with E-state index in [4.69, 9.17) is 9.47 Å². The van der Waals surface area contributed by atoms with Gasteiger partial charge < -0.3 is 19.8 Å².